The van der Waals surface area contributed by atoms with Crippen molar-refractivity contribution in [3.8, 4) is 5.75 Å². The average Bonchev–Trinajstić information content (AvgIpc) is 3.32. The Hall–Kier alpha value is -2.63. The van der Waals surface area contributed by atoms with Crippen LogP contribution in [0.15, 0.2) is 36.4 Å². The van der Waals surface area contributed by atoms with E-state index in [0.717, 1.165) is 22.6 Å². The summed E-state index contributed by atoms with van der Waals surface area (Å²) in [4.78, 5) is 38.5. The minimum Gasteiger partial charge on any atom is -0.497 e. The van der Waals surface area contributed by atoms with E-state index in [-0.39, 0.29) is 47.9 Å². The number of likely N-dealkylation sites (tertiary alicyclic amines) is 1. The molecule has 4 unspecified atom stereocenters. The molecular formula is C20H22N2O4. The zero-order valence-corrected chi connectivity index (χ0v) is 14.7. The number of fused-ring (bicyclic) bond motifs is 5. The molecule has 26 heavy (non-hydrogen) atoms. The van der Waals surface area contributed by atoms with Crippen molar-refractivity contribution in [3.63, 3.8) is 0 Å². The molecule has 0 radical (unpaired) electrons. The molecule has 2 bridgehead atoms. The molecular weight excluding hydrogens is 332 g/mol. The molecule has 1 N–H and O–H groups in total. The van der Waals surface area contributed by atoms with Crippen molar-refractivity contribution < 1.29 is 19.1 Å². The molecule has 1 aromatic carbocycles. The maximum atomic E-state index is 12.6. The van der Waals surface area contributed by atoms with Crippen LogP contribution >= 0.6 is 0 Å². The largest absolute Gasteiger partial charge is 0.497 e. The monoisotopic (exact) mass is 354 g/mol. The topological polar surface area (TPSA) is 75.7 Å². The first kappa shape index (κ1) is 16.8. The smallest absolute Gasteiger partial charge is 0.240 e. The van der Waals surface area contributed by atoms with Crippen molar-refractivity contribution in [2.24, 2.45) is 23.7 Å². The molecule has 3 amide bonds. The summed E-state index contributed by atoms with van der Waals surface area (Å²) < 4.78 is 5.11. The number of hydrogen-bond donors (Lipinski definition) is 1. The summed E-state index contributed by atoms with van der Waals surface area (Å²) in [6, 6.07) is 7.64. The number of benzene rings is 1. The van der Waals surface area contributed by atoms with Gasteiger partial charge in [-0.25, -0.2) is 0 Å². The number of imide groups is 1. The highest BCUT2D eigenvalue weighted by atomic mass is 16.5. The van der Waals surface area contributed by atoms with Gasteiger partial charge in [0.1, 0.15) is 12.3 Å². The summed E-state index contributed by atoms with van der Waals surface area (Å²) in [6.45, 7) is 0.285. The van der Waals surface area contributed by atoms with Gasteiger partial charge in [0.2, 0.25) is 17.7 Å². The summed E-state index contributed by atoms with van der Waals surface area (Å²) in [7, 11) is 1.62. The molecule has 1 aliphatic heterocycles. The van der Waals surface area contributed by atoms with Crippen molar-refractivity contribution in [3.05, 3.63) is 42.0 Å². The summed E-state index contributed by atoms with van der Waals surface area (Å²) in [5.41, 5.74) is 1.08. The van der Waals surface area contributed by atoms with Crippen LogP contribution in [0.5, 0.6) is 5.75 Å². The third-order valence-electron chi connectivity index (χ3n) is 5.76. The predicted octanol–water partition coefficient (Wildman–Crippen LogP) is 1.16. The summed E-state index contributed by atoms with van der Waals surface area (Å²) >= 11 is 0. The number of rotatable bonds is 6. The Morgan fingerprint density at radius 1 is 1.12 bits per heavy atom. The van der Waals surface area contributed by atoms with Gasteiger partial charge in [0, 0.05) is 6.54 Å². The molecule has 1 saturated heterocycles. The van der Waals surface area contributed by atoms with Crippen molar-refractivity contribution in [1.82, 2.24) is 10.2 Å². The third-order valence-corrected chi connectivity index (χ3v) is 5.76. The van der Waals surface area contributed by atoms with E-state index in [1.807, 2.05) is 24.3 Å². The predicted molar refractivity (Wildman–Crippen MR) is 94.1 cm³/mol. The van der Waals surface area contributed by atoms with Gasteiger partial charge in [-0.2, -0.15) is 0 Å². The number of methoxy groups -OCH3 is 1. The lowest BCUT2D eigenvalue weighted by molar-refractivity contribution is -0.144. The van der Waals surface area contributed by atoms with E-state index in [0.29, 0.717) is 13.0 Å². The molecule has 136 valence electrons. The third kappa shape index (κ3) is 2.79. The molecule has 1 aromatic rings. The zero-order valence-electron chi connectivity index (χ0n) is 14.7. The van der Waals surface area contributed by atoms with E-state index in [1.54, 1.807) is 7.11 Å². The van der Waals surface area contributed by atoms with Crippen LogP contribution in [0.4, 0.5) is 0 Å². The van der Waals surface area contributed by atoms with E-state index >= 15 is 0 Å². The van der Waals surface area contributed by atoms with Gasteiger partial charge in [-0.15, -0.1) is 0 Å². The Kier molecular flexibility index (Phi) is 4.26. The maximum absolute atomic E-state index is 12.6. The lowest BCUT2D eigenvalue weighted by atomic mass is 9.85. The van der Waals surface area contributed by atoms with Gasteiger partial charge in [-0.05, 0) is 42.4 Å². The Morgan fingerprint density at radius 2 is 1.73 bits per heavy atom. The number of nitrogens with zero attached hydrogens (tertiary/aromatic N) is 1. The molecule has 2 aliphatic carbocycles. The van der Waals surface area contributed by atoms with Gasteiger partial charge in [0.05, 0.1) is 18.9 Å². The van der Waals surface area contributed by atoms with Gasteiger partial charge in [-0.3, -0.25) is 19.3 Å². The van der Waals surface area contributed by atoms with Crippen molar-refractivity contribution >= 4 is 17.7 Å². The van der Waals surface area contributed by atoms with Gasteiger partial charge in [0.15, 0.2) is 0 Å². The highest BCUT2D eigenvalue weighted by Crippen LogP contribution is 2.52. The van der Waals surface area contributed by atoms with Gasteiger partial charge >= 0.3 is 0 Å². The second kappa shape index (κ2) is 6.59. The fraction of sp³-hybridized carbons (Fsp3) is 0.450. The first-order chi connectivity index (χ1) is 12.6. The van der Waals surface area contributed by atoms with Crippen LogP contribution in [-0.2, 0) is 20.8 Å². The summed E-state index contributed by atoms with van der Waals surface area (Å²) in [5.74, 6) is -0.00832. The number of amides is 3. The minimum atomic E-state index is -0.291. The number of nitrogens with one attached hydrogen (secondary N) is 1. The van der Waals surface area contributed by atoms with Crippen LogP contribution in [0.3, 0.4) is 0 Å². The van der Waals surface area contributed by atoms with Crippen LogP contribution in [0, 0.1) is 23.7 Å². The fourth-order valence-corrected chi connectivity index (χ4v) is 4.46. The minimum absolute atomic E-state index is 0.171. The van der Waals surface area contributed by atoms with Gasteiger partial charge in [-0.1, -0.05) is 24.3 Å². The van der Waals surface area contributed by atoms with Crippen molar-refractivity contribution in [2.75, 3.05) is 20.2 Å². The Labute approximate surface area is 152 Å². The highest BCUT2D eigenvalue weighted by molar-refractivity contribution is 6.08. The normalized spacial score (nSPS) is 28.6. The molecule has 1 saturated carbocycles. The van der Waals surface area contributed by atoms with Crippen LogP contribution in [0.1, 0.15) is 12.0 Å². The molecule has 4 atom stereocenters. The second-order valence-corrected chi connectivity index (χ2v) is 7.21. The van der Waals surface area contributed by atoms with E-state index in [1.165, 1.54) is 0 Å². The standard InChI is InChI=1S/C20H22N2O4/c1-26-15-6-2-12(3-7-15)8-9-21-16(23)11-22-19(24)17-13-4-5-14(10-13)18(17)20(22)25/h2-7,13-14,17-18H,8-11H2,1H3,(H,21,23). The Bertz CT molecular complexity index is 741. The first-order valence-corrected chi connectivity index (χ1v) is 9.01. The summed E-state index contributed by atoms with van der Waals surface area (Å²) in [6.07, 6.45) is 5.68. The van der Waals surface area contributed by atoms with Crippen LogP contribution in [-0.4, -0.2) is 42.8 Å². The molecule has 1 heterocycles. The van der Waals surface area contributed by atoms with Crippen molar-refractivity contribution in [2.45, 2.75) is 12.8 Å². The molecule has 0 spiro atoms. The molecule has 4 rings (SSSR count). The lowest BCUT2D eigenvalue weighted by Gasteiger charge is -2.16. The quantitative estimate of drug-likeness (QED) is 0.614. The zero-order chi connectivity index (χ0) is 18.3. The Balaban J connectivity index is 1.28. The number of allylic oxidation sites excluding steroid dienone is 2. The first-order valence-electron chi connectivity index (χ1n) is 9.01. The number of carbonyl (C=O) groups is 3. The molecule has 3 aliphatic rings. The number of carbonyl (C=O) groups excluding carboxylic acids is 3. The van der Waals surface area contributed by atoms with E-state index in [4.69, 9.17) is 4.74 Å². The maximum Gasteiger partial charge on any atom is 0.240 e. The second-order valence-electron chi connectivity index (χ2n) is 7.21. The lowest BCUT2D eigenvalue weighted by Crippen LogP contribution is -2.42. The van der Waals surface area contributed by atoms with Crippen LogP contribution < -0.4 is 10.1 Å². The van der Waals surface area contributed by atoms with Crippen LogP contribution in [0.25, 0.3) is 0 Å². The molecule has 0 aromatic heterocycles. The number of ether oxygens (including phenoxy) is 1. The average molecular weight is 354 g/mol. The molecule has 2 fully saturated rings. The molecule has 6 heteroatoms. The fourth-order valence-electron chi connectivity index (χ4n) is 4.46. The number of hydrogen-bond acceptors (Lipinski definition) is 4. The summed E-state index contributed by atoms with van der Waals surface area (Å²) in [5, 5.41) is 2.80. The highest BCUT2D eigenvalue weighted by Gasteiger charge is 2.59. The molecule has 6 nitrogen and oxygen atoms in total. The SMILES string of the molecule is COc1ccc(CCNC(=O)CN2C(=O)C3C4C=CC(C4)C3C2=O)cc1. The van der Waals surface area contributed by atoms with E-state index in [9.17, 15) is 14.4 Å². The van der Waals surface area contributed by atoms with Crippen molar-refractivity contribution in [1.29, 1.82) is 0 Å². The van der Waals surface area contributed by atoms with Crippen LogP contribution in [0.2, 0.25) is 0 Å². The van der Waals surface area contributed by atoms with E-state index < -0.39 is 0 Å². The Morgan fingerprint density at radius 3 is 2.31 bits per heavy atom. The van der Waals surface area contributed by atoms with Gasteiger partial charge in [0.25, 0.3) is 0 Å². The van der Waals surface area contributed by atoms with E-state index in [2.05, 4.69) is 17.5 Å². The van der Waals surface area contributed by atoms with Gasteiger partial charge < -0.3 is 10.1 Å².